The number of pyridine rings is 1. The van der Waals surface area contributed by atoms with Gasteiger partial charge in [0.15, 0.2) is 5.65 Å². The van der Waals surface area contributed by atoms with Crippen LogP contribution in [0, 0.1) is 0 Å². The fourth-order valence-corrected chi connectivity index (χ4v) is 5.10. The highest BCUT2D eigenvalue weighted by atomic mass is 16.2. The monoisotopic (exact) mass is 480 g/mol. The quantitative estimate of drug-likeness (QED) is 0.446. The lowest BCUT2D eigenvalue weighted by molar-refractivity contribution is -0.127. The van der Waals surface area contributed by atoms with Crippen LogP contribution < -0.4 is 10.6 Å². The molecule has 5 heterocycles. The highest BCUT2D eigenvalue weighted by Gasteiger charge is 2.31. The molecular formula is C26H24N8O2. The summed E-state index contributed by atoms with van der Waals surface area (Å²) in [6, 6.07) is 11.1. The summed E-state index contributed by atoms with van der Waals surface area (Å²) in [5.41, 5.74) is 9.95. The molecule has 0 aliphatic carbocycles. The van der Waals surface area contributed by atoms with Crippen LogP contribution in [0.1, 0.15) is 34.8 Å². The molecule has 2 aliphatic rings. The van der Waals surface area contributed by atoms with E-state index in [0.29, 0.717) is 53.6 Å². The number of nitrogens with zero attached hydrogens (tertiary/aromatic N) is 7. The molecule has 3 aromatic heterocycles. The fourth-order valence-electron chi connectivity index (χ4n) is 5.10. The molecule has 0 bridgehead atoms. The van der Waals surface area contributed by atoms with Gasteiger partial charge < -0.3 is 10.6 Å². The molecule has 2 N–H and O–H groups in total. The van der Waals surface area contributed by atoms with Crippen LogP contribution in [0.4, 0.5) is 11.6 Å². The van der Waals surface area contributed by atoms with Crippen LogP contribution in [-0.4, -0.2) is 54.5 Å². The first-order chi connectivity index (χ1) is 17.5. The lowest BCUT2D eigenvalue weighted by Crippen LogP contribution is -2.40. The Morgan fingerprint density at radius 1 is 1.17 bits per heavy atom. The summed E-state index contributed by atoms with van der Waals surface area (Å²) in [6.45, 7) is 5.24. The van der Waals surface area contributed by atoms with Crippen molar-refractivity contribution in [3.8, 4) is 11.3 Å². The molecule has 6 rings (SSSR count). The number of carbonyl (C=O) groups is 2. The Morgan fingerprint density at radius 3 is 2.86 bits per heavy atom. The van der Waals surface area contributed by atoms with Crippen molar-refractivity contribution in [1.29, 1.82) is 0 Å². The number of fused-ring (bicyclic) bond motifs is 2. The second kappa shape index (κ2) is 8.56. The third-order valence-corrected chi connectivity index (χ3v) is 6.86. The largest absolute Gasteiger partial charge is 0.383 e. The molecule has 10 heteroatoms. The van der Waals surface area contributed by atoms with Crippen LogP contribution in [0.5, 0.6) is 0 Å². The molecule has 0 radical (unpaired) electrons. The number of anilines is 2. The number of nitrogen functional groups attached to an aromatic ring is 1. The predicted octanol–water partition coefficient (Wildman–Crippen LogP) is 2.98. The maximum atomic E-state index is 13.0. The van der Waals surface area contributed by atoms with E-state index in [4.69, 9.17) is 10.8 Å². The normalized spacial score (nSPS) is 17.4. The Labute approximate surface area is 207 Å². The van der Waals surface area contributed by atoms with Crippen LogP contribution in [-0.2, 0) is 11.3 Å². The molecule has 0 saturated carbocycles. The number of aromatic nitrogens is 5. The molecular weight excluding hydrogens is 456 g/mol. The predicted molar refractivity (Wildman–Crippen MR) is 135 cm³/mol. The van der Waals surface area contributed by atoms with Crippen molar-refractivity contribution in [2.24, 2.45) is 0 Å². The highest BCUT2D eigenvalue weighted by molar-refractivity contribution is 6.10. The summed E-state index contributed by atoms with van der Waals surface area (Å²) in [7, 11) is 0. The van der Waals surface area contributed by atoms with Gasteiger partial charge in [0.25, 0.3) is 5.91 Å². The molecule has 2 aliphatic heterocycles. The van der Waals surface area contributed by atoms with Crippen molar-refractivity contribution in [1.82, 2.24) is 29.6 Å². The lowest BCUT2D eigenvalue weighted by Gasteiger charge is -2.32. The minimum Gasteiger partial charge on any atom is -0.383 e. The maximum absolute atomic E-state index is 13.0. The number of carbonyl (C=O) groups excluding carboxylic acids is 2. The summed E-state index contributed by atoms with van der Waals surface area (Å²) >= 11 is 0. The van der Waals surface area contributed by atoms with Gasteiger partial charge in [0.05, 0.1) is 18.0 Å². The van der Waals surface area contributed by atoms with Gasteiger partial charge in [-0.05, 0) is 48.7 Å². The molecule has 0 spiro atoms. The summed E-state index contributed by atoms with van der Waals surface area (Å²) in [4.78, 5) is 41.8. The minimum atomic E-state index is -0.0914. The molecule has 1 atom stereocenters. The summed E-state index contributed by atoms with van der Waals surface area (Å²) in [5.74, 6) is 0.778. The zero-order valence-corrected chi connectivity index (χ0v) is 19.5. The third-order valence-electron chi connectivity index (χ3n) is 6.86. The summed E-state index contributed by atoms with van der Waals surface area (Å²) in [5, 5.41) is 5.61. The molecule has 4 aromatic rings. The van der Waals surface area contributed by atoms with Gasteiger partial charge >= 0.3 is 0 Å². The van der Waals surface area contributed by atoms with Gasteiger partial charge in [-0.3, -0.25) is 14.5 Å². The van der Waals surface area contributed by atoms with E-state index in [1.807, 2.05) is 41.1 Å². The van der Waals surface area contributed by atoms with Gasteiger partial charge in [0.1, 0.15) is 23.7 Å². The standard InChI is InChI=1S/C26H24N8O2/c1-2-21(35)32-11-5-6-18(14-32)34-25-22(24(27)29-15-30-25)23(31-34)16-8-9-19-17(12-16)13-33(26(19)36)20-7-3-4-10-28-20/h2-4,7-10,12,15,18H,1,5-6,11,13-14H2,(H2,27,29,30)/t18-/m1/s1. The van der Waals surface area contributed by atoms with Gasteiger partial charge in [-0.2, -0.15) is 5.10 Å². The zero-order valence-electron chi connectivity index (χ0n) is 19.5. The average molecular weight is 481 g/mol. The number of hydrogen-bond donors (Lipinski definition) is 1. The Kier molecular flexibility index (Phi) is 5.21. The van der Waals surface area contributed by atoms with E-state index in [0.717, 1.165) is 24.0 Å². The van der Waals surface area contributed by atoms with E-state index in [1.165, 1.54) is 12.4 Å². The van der Waals surface area contributed by atoms with Gasteiger partial charge in [-0.25, -0.2) is 19.6 Å². The molecule has 1 saturated heterocycles. The first-order valence-electron chi connectivity index (χ1n) is 11.8. The summed E-state index contributed by atoms with van der Waals surface area (Å²) in [6.07, 6.45) is 6.16. The van der Waals surface area contributed by atoms with E-state index in [2.05, 4.69) is 21.5 Å². The number of nitrogens with two attached hydrogens (primary N) is 1. The van der Waals surface area contributed by atoms with E-state index < -0.39 is 0 Å². The van der Waals surface area contributed by atoms with Crippen LogP contribution in [0.25, 0.3) is 22.3 Å². The zero-order chi connectivity index (χ0) is 24.8. The molecule has 1 fully saturated rings. The van der Waals surface area contributed by atoms with Crippen LogP contribution in [0.3, 0.4) is 0 Å². The number of amides is 2. The highest BCUT2D eigenvalue weighted by Crippen LogP contribution is 2.36. The molecule has 2 amide bonds. The third kappa shape index (κ3) is 3.49. The molecule has 1 aromatic carbocycles. The van der Waals surface area contributed by atoms with E-state index in [1.54, 1.807) is 16.0 Å². The van der Waals surface area contributed by atoms with E-state index >= 15 is 0 Å². The van der Waals surface area contributed by atoms with E-state index in [-0.39, 0.29) is 17.9 Å². The van der Waals surface area contributed by atoms with E-state index in [9.17, 15) is 9.59 Å². The Hall–Kier alpha value is -4.60. The van der Waals surface area contributed by atoms with Gasteiger partial charge in [0.2, 0.25) is 5.91 Å². The van der Waals surface area contributed by atoms with Crippen molar-refractivity contribution in [3.63, 3.8) is 0 Å². The topological polar surface area (TPSA) is 123 Å². The summed E-state index contributed by atoms with van der Waals surface area (Å²) < 4.78 is 1.86. The molecule has 36 heavy (non-hydrogen) atoms. The number of piperidine rings is 1. The lowest BCUT2D eigenvalue weighted by atomic mass is 10.0. The maximum Gasteiger partial charge on any atom is 0.260 e. The fraction of sp³-hybridized carbons (Fsp3) is 0.231. The van der Waals surface area contributed by atoms with Crippen LogP contribution >= 0.6 is 0 Å². The van der Waals surface area contributed by atoms with Crippen molar-refractivity contribution >= 4 is 34.5 Å². The molecule has 10 nitrogen and oxygen atoms in total. The van der Waals surface area contributed by atoms with Crippen molar-refractivity contribution in [3.05, 3.63) is 72.7 Å². The van der Waals surface area contributed by atoms with Crippen molar-refractivity contribution in [2.45, 2.75) is 25.4 Å². The Balaban J connectivity index is 1.41. The van der Waals surface area contributed by atoms with Crippen molar-refractivity contribution < 1.29 is 9.59 Å². The first kappa shape index (κ1) is 21.9. The SMILES string of the molecule is C=CC(=O)N1CCC[C@@H](n2nc(-c3ccc4c(c3)CN(c3ccccn3)C4=O)c3c(N)ncnc32)C1. The van der Waals surface area contributed by atoms with Crippen molar-refractivity contribution in [2.75, 3.05) is 23.7 Å². The minimum absolute atomic E-state index is 0.0520. The van der Waals surface area contributed by atoms with Crippen LogP contribution in [0.2, 0.25) is 0 Å². The molecule has 180 valence electrons. The average Bonchev–Trinajstić information content (AvgIpc) is 3.47. The van der Waals surface area contributed by atoms with Gasteiger partial charge in [-0.15, -0.1) is 0 Å². The Bertz CT molecular complexity index is 1510. The van der Waals surface area contributed by atoms with Gasteiger partial charge in [-0.1, -0.05) is 18.7 Å². The number of benzene rings is 1. The molecule has 0 unspecified atom stereocenters. The number of likely N-dealkylation sites (tertiary alicyclic amines) is 1. The smallest absolute Gasteiger partial charge is 0.260 e. The first-order valence-corrected chi connectivity index (χ1v) is 11.8. The number of hydrogen-bond acceptors (Lipinski definition) is 7. The Morgan fingerprint density at radius 2 is 2.06 bits per heavy atom. The number of rotatable bonds is 4. The van der Waals surface area contributed by atoms with Crippen LogP contribution in [0.15, 0.2) is 61.6 Å². The second-order valence-corrected chi connectivity index (χ2v) is 8.99. The van der Waals surface area contributed by atoms with Gasteiger partial charge in [0, 0.05) is 30.4 Å². The second-order valence-electron chi connectivity index (χ2n) is 8.99.